The van der Waals surface area contributed by atoms with Gasteiger partial charge in [-0.05, 0) is 49.8 Å². The molecule has 0 radical (unpaired) electrons. The van der Waals surface area contributed by atoms with Gasteiger partial charge >= 0.3 is 6.03 Å². The Bertz CT molecular complexity index is 1240. The predicted molar refractivity (Wildman–Crippen MR) is 116 cm³/mol. The molecule has 2 heterocycles. The van der Waals surface area contributed by atoms with Crippen molar-refractivity contribution in [2.24, 2.45) is 7.05 Å². The standard InChI is InChI=1S/C22H18BrN3O3/c1-12-10-14(8-9-18(12)23)26-21(28)17(20(27)24-22(26)29)11-16-13(2)25(3)19-7-5-4-6-15(16)19/h4-11H,1-3H3,(H,24,27,29)/b17-11+. The van der Waals surface area contributed by atoms with E-state index in [-0.39, 0.29) is 5.57 Å². The van der Waals surface area contributed by atoms with Crippen LogP contribution in [-0.4, -0.2) is 22.4 Å². The molecule has 0 unspecified atom stereocenters. The first-order valence-corrected chi connectivity index (χ1v) is 9.80. The first-order chi connectivity index (χ1) is 13.8. The van der Waals surface area contributed by atoms with Crippen LogP contribution >= 0.6 is 15.9 Å². The molecular formula is C22H18BrN3O3. The van der Waals surface area contributed by atoms with Gasteiger partial charge in [0.2, 0.25) is 0 Å². The van der Waals surface area contributed by atoms with E-state index in [2.05, 4.69) is 21.2 Å². The van der Waals surface area contributed by atoms with Crippen molar-refractivity contribution in [2.75, 3.05) is 4.90 Å². The van der Waals surface area contributed by atoms with Crippen LogP contribution in [0.15, 0.2) is 52.5 Å². The topological polar surface area (TPSA) is 71.4 Å². The lowest BCUT2D eigenvalue weighted by Crippen LogP contribution is -2.54. The smallest absolute Gasteiger partial charge is 0.335 e. The average Bonchev–Trinajstić information content (AvgIpc) is 2.92. The zero-order valence-electron chi connectivity index (χ0n) is 16.1. The number of amides is 4. The summed E-state index contributed by atoms with van der Waals surface area (Å²) in [5.41, 5.74) is 3.89. The summed E-state index contributed by atoms with van der Waals surface area (Å²) in [5.74, 6) is -1.34. The minimum absolute atomic E-state index is 0.0791. The molecule has 0 saturated carbocycles. The lowest BCUT2D eigenvalue weighted by molar-refractivity contribution is -0.122. The normalized spacial score (nSPS) is 16.1. The molecule has 0 bridgehead atoms. The Kier molecular flexibility index (Phi) is 4.62. The number of rotatable bonds is 2. The lowest BCUT2D eigenvalue weighted by atomic mass is 10.0. The van der Waals surface area contributed by atoms with Gasteiger partial charge in [0, 0.05) is 33.7 Å². The summed E-state index contributed by atoms with van der Waals surface area (Å²) >= 11 is 3.41. The van der Waals surface area contributed by atoms with Crippen LogP contribution in [0, 0.1) is 13.8 Å². The molecule has 3 aromatic rings. The molecule has 1 fully saturated rings. The Balaban J connectivity index is 1.85. The number of benzene rings is 2. The predicted octanol–water partition coefficient (Wildman–Crippen LogP) is 4.22. The summed E-state index contributed by atoms with van der Waals surface area (Å²) in [6.07, 6.45) is 1.57. The van der Waals surface area contributed by atoms with Crippen LogP contribution in [0.5, 0.6) is 0 Å². The van der Waals surface area contributed by atoms with Crippen LogP contribution in [0.4, 0.5) is 10.5 Å². The third-order valence-corrected chi connectivity index (χ3v) is 6.13. The Morgan fingerprint density at radius 2 is 1.76 bits per heavy atom. The summed E-state index contributed by atoms with van der Waals surface area (Å²) in [6, 6.07) is 12.2. The van der Waals surface area contributed by atoms with E-state index in [9.17, 15) is 14.4 Å². The number of imide groups is 2. The van der Waals surface area contributed by atoms with E-state index >= 15 is 0 Å². The van der Waals surface area contributed by atoms with E-state index in [1.54, 1.807) is 24.3 Å². The summed E-state index contributed by atoms with van der Waals surface area (Å²) < 4.78 is 2.87. The van der Waals surface area contributed by atoms with Crippen LogP contribution in [0.3, 0.4) is 0 Å². The van der Waals surface area contributed by atoms with E-state index in [4.69, 9.17) is 0 Å². The zero-order chi connectivity index (χ0) is 20.9. The molecule has 0 spiro atoms. The van der Waals surface area contributed by atoms with Crippen molar-refractivity contribution >= 4 is 56.4 Å². The maximum atomic E-state index is 13.2. The molecule has 4 rings (SSSR count). The number of halogens is 1. The molecule has 1 N–H and O–H groups in total. The van der Waals surface area contributed by atoms with Crippen LogP contribution < -0.4 is 10.2 Å². The number of carbonyl (C=O) groups excluding carboxylic acids is 3. The number of carbonyl (C=O) groups is 3. The van der Waals surface area contributed by atoms with Gasteiger partial charge in [-0.3, -0.25) is 14.9 Å². The molecule has 29 heavy (non-hydrogen) atoms. The molecule has 1 saturated heterocycles. The monoisotopic (exact) mass is 451 g/mol. The van der Waals surface area contributed by atoms with Gasteiger partial charge in [0.05, 0.1) is 5.69 Å². The summed E-state index contributed by atoms with van der Waals surface area (Å²) in [6.45, 7) is 3.79. The minimum Gasteiger partial charge on any atom is -0.347 e. The van der Waals surface area contributed by atoms with Gasteiger partial charge in [-0.2, -0.15) is 0 Å². The first-order valence-electron chi connectivity index (χ1n) is 9.01. The number of anilines is 1. The second-order valence-electron chi connectivity index (χ2n) is 6.97. The fraction of sp³-hybridized carbons (Fsp3) is 0.136. The molecule has 4 amide bonds. The molecule has 7 heteroatoms. The van der Waals surface area contributed by atoms with Gasteiger partial charge in [0.1, 0.15) is 5.57 Å². The van der Waals surface area contributed by atoms with Gasteiger partial charge in [-0.25, -0.2) is 9.69 Å². The second-order valence-corrected chi connectivity index (χ2v) is 7.82. The Morgan fingerprint density at radius 3 is 2.48 bits per heavy atom. The number of nitrogens with one attached hydrogen (secondary N) is 1. The maximum absolute atomic E-state index is 13.2. The number of aromatic nitrogens is 1. The first kappa shape index (κ1) is 19.1. The van der Waals surface area contributed by atoms with Crippen molar-refractivity contribution in [2.45, 2.75) is 13.8 Å². The quantitative estimate of drug-likeness (QED) is 0.468. The Morgan fingerprint density at radius 1 is 1.03 bits per heavy atom. The lowest BCUT2D eigenvalue weighted by Gasteiger charge is -2.26. The Hall–Kier alpha value is -3.19. The van der Waals surface area contributed by atoms with Gasteiger partial charge in [-0.15, -0.1) is 0 Å². The van der Waals surface area contributed by atoms with Crippen molar-refractivity contribution in [1.82, 2.24) is 9.88 Å². The number of fused-ring (bicyclic) bond motifs is 1. The number of nitrogens with zero attached hydrogens (tertiary/aromatic N) is 2. The highest BCUT2D eigenvalue weighted by atomic mass is 79.9. The highest BCUT2D eigenvalue weighted by molar-refractivity contribution is 9.10. The number of aryl methyl sites for hydroxylation is 2. The van der Waals surface area contributed by atoms with Crippen molar-refractivity contribution in [3.05, 3.63) is 69.3 Å². The van der Waals surface area contributed by atoms with Gasteiger partial charge in [-0.1, -0.05) is 34.1 Å². The van der Waals surface area contributed by atoms with Gasteiger partial charge in [0.15, 0.2) is 0 Å². The van der Waals surface area contributed by atoms with Crippen molar-refractivity contribution in [1.29, 1.82) is 0 Å². The number of para-hydroxylation sites is 1. The van der Waals surface area contributed by atoms with Crippen LogP contribution in [0.2, 0.25) is 0 Å². The van der Waals surface area contributed by atoms with E-state index in [1.807, 2.05) is 49.7 Å². The van der Waals surface area contributed by atoms with Crippen LogP contribution in [-0.2, 0) is 16.6 Å². The largest absolute Gasteiger partial charge is 0.347 e. The van der Waals surface area contributed by atoms with E-state index in [1.165, 1.54) is 0 Å². The highest BCUT2D eigenvalue weighted by Gasteiger charge is 2.37. The Labute approximate surface area is 175 Å². The fourth-order valence-electron chi connectivity index (χ4n) is 3.54. The van der Waals surface area contributed by atoms with Gasteiger partial charge < -0.3 is 4.57 Å². The number of urea groups is 1. The van der Waals surface area contributed by atoms with Crippen molar-refractivity contribution in [3.63, 3.8) is 0 Å². The number of barbiturate groups is 1. The zero-order valence-corrected chi connectivity index (χ0v) is 17.7. The molecule has 146 valence electrons. The van der Waals surface area contributed by atoms with E-state index in [0.29, 0.717) is 5.69 Å². The maximum Gasteiger partial charge on any atom is 0.335 e. The summed E-state index contributed by atoms with van der Waals surface area (Å²) in [7, 11) is 1.93. The SMILES string of the molecule is Cc1cc(N2C(=O)NC(=O)/C(=C\c3c(C)n(C)c4ccccc34)C2=O)ccc1Br. The highest BCUT2D eigenvalue weighted by Crippen LogP contribution is 2.30. The van der Waals surface area contributed by atoms with Crippen molar-refractivity contribution in [3.8, 4) is 0 Å². The molecule has 0 aliphatic carbocycles. The molecule has 2 aromatic carbocycles. The molecule has 1 aliphatic rings. The third kappa shape index (κ3) is 3.07. The molecule has 1 aromatic heterocycles. The molecular weight excluding hydrogens is 434 g/mol. The van der Waals surface area contributed by atoms with Crippen LogP contribution in [0.1, 0.15) is 16.8 Å². The number of hydrogen-bond acceptors (Lipinski definition) is 3. The average molecular weight is 452 g/mol. The third-order valence-electron chi connectivity index (χ3n) is 5.24. The fourth-order valence-corrected chi connectivity index (χ4v) is 3.78. The van der Waals surface area contributed by atoms with E-state index in [0.717, 1.165) is 37.1 Å². The van der Waals surface area contributed by atoms with Crippen LogP contribution in [0.25, 0.3) is 17.0 Å². The molecule has 6 nitrogen and oxygen atoms in total. The van der Waals surface area contributed by atoms with Crippen molar-refractivity contribution < 1.29 is 14.4 Å². The minimum atomic E-state index is -0.756. The summed E-state index contributed by atoms with van der Waals surface area (Å²) in [4.78, 5) is 39.1. The second kappa shape index (κ2) is 7.00. The molecule has 0 atom stereocenters. The van der Waals surface area contributed by atoms with Gasteiger partial charge in [0.25, 0.3) is 11.8 Å². The summed E-state index contributed by atoms with van der Waals surface area (Å²) in [5, 5.41) is 3.21. The van der Waals surface area contributed by atoms with E-state index < -0.39 is 17.8 Å². The molecule has 1 aliphatic heterocycles. The number of hydrogen-bond donors (Lipinski definition) is 1.